The zero-order valence-corrected chi connectivity index (χ0v) is 11.1. The molecule has 2 aliphatic heterocycles. The number of nitrogens with zero attached hydrogens (tertiary/aromatic N) is 1. The van der Waals surface area contributed by atoms with Gasteiger partial charge in [-0.25, -0.2) is 0 Å². The van der Waals surface area contributed by atoms with Gasteiger partial charge in [0.1, 0.15) is 11.9 Å². The van der Waals surface area contributed by atoms with E-state index >= 15 is 0 Å². The fourth-order valence-corrected chi connectivity index (χ4v) is 2.89. The van der Waals surface area contributed by atoms with Gasteiger partial charge >= 0.3 is 0 Å². The fraction of sp³-hybridized carbons (Fsp3) is 0.600. The molecule has 98 valence electrons. The molecule has 1 aromatic rings. The third kappa shape index (κ3) is 2.46. The molecular formula is C15H22N2O. The molecule has 2 aliphatic rings. The zero-order valence-electron chi connectivity index (χ0n) is 11.1. The minimum atomic E-state index is 0.403. The minimum absolute atomic E-state index is 0.403. The first-order chi connectivity index (χ1) is 8.85. The Morgan fingerprint density at radius 1 is 1.33 bits per heavy atom. The summed E-state index contributed by atoms with van der Waals surface area (Å²) in [5, 5.41) is 3.38. The van der Waals surface area contributed by atoms with Gasteiger partial charge in [-0.15, -0.1) is 0 Å². The van der Waals surface area contributed by atoms with E-state index in [2.05, 4.69) is 35.3 Å². The predicted octanol–water partition coefficient (Wildman–Crippen LogP) is 2.52. The maximum Gasteiger partial charge on any atom is 0.120 e. The molecule has 2 heterocycles. The number of ether oxygens (including phenoxy) is 1. The second-order valence-electron chi connectivity index (χ2n) is 5.25. The van der Waals surface area contributed by atoms with Gasteiger partial charge in [0, 0.05) is 25.3 Å². The SMILES string of the molecule is CCN1CCC(Oc2ccc3c(c2)CCN3)CC1. The summed E-state index contributed by atoms with van der Waals surface area (Å²) in [7, 11) is 0. The van der Waals surface area contributed by atoms with Crippen molar-refractivity contribution in [3.8, 4) is 5.75 Å². The lowest BCUT2D eigenvalue weighted by Crippen LogP contribution is -2.37. The Hall–Kier alpha value is -1.22. The van der Waals surface area contributed by atoms with Gasteiger partial charge < -0.3 is 15.0 Å². The van der Waals surface area contributed by atoms with Crippen LogP contribution in [0.1, 0.15) is 25.3 Å². The van der Waals surface area contributed by atoms with Crippen LogP contribution in [0.3, 0.4) is 0 Å². The molecule has 0 spiro atoms. The third-order valence-corrected chi connectivity index (χ3v) is 4.07. The molecule has 0 saturated carbocycles. The molecule has 3 rings (SSSR count). The summed E-state index contributed by atoms with van der Waals surface area (Å²) < 4.78 is 6.12. The molecule has 0 radical (unpaired) electrons. The van der Waals surface area contributed by atoms with Crippen molar-refractivity contribution in [2.24, 2.45) is 0 Å². The number of rotatable bonds is 3. The molecule has 0 atom stereocenters. The van der Waals surface area contributed by atoms with E-state index in [-0.39, 0.29) is 0 Å². The van der Waals surface area contributed by atoms with Crippen LogP contribution in [0, 0.1) is 0 Å². The average molecular weight is 246 g/mol. The van der Waals surface area contributed by atoms with Gasteiger partial charge in [0.2, 0.25) is 0 Å². The molecular weight excluding hydrogens is 224 g/mol. The minimum Gasteiger partial charge on any atom is -0.490 e. The van der Waals surface area contributed by atoms with Crippen molar-refractivity contribution in [3.63, 3.8) is 0 Å². The highest BCUT2D eigenvalue weighted by molar-refractivity contribution is 5.57. The number of likely N-dealkylation sites (tertiary alicyclic amines) is 1. The smallest absolute Gasteiger partial charge is 0.120 e. The molecule has 1 aromatic carbocycles. The lowest BCUT2D eigenvalue weighted by molar-refractivity contribution is 0.104. The van der Waals surface area contributed by atoms with E-state index in [1.165, 1.54) is 24.3 Å². The van der Waals surface area contributed by atoms with Crippen LogP contribution in [-0.4, -0.2) is 37.2 Å². The van der Waals surface area contributed by atoms with Gasteiger partial charge in [0.25, 0.3) is 0 Å². The Labute approximate surface area is 109 Å². The number of hydrogen-bond acceptors (Lipinski definition) is 3. The molecule has 18 heavy (non-hydrogen) atoms. The van der Waals surface area contributed by atoms with E-state index < -0.39 is 0 Å². The quantitative estimate of drug-likeness (QED) is 0.887. The summed E-state index contributed by atoms with van der Waals surface area (Å²) in [6, 6.07) is 6.46. The van der Waals surface area contributed by atoms with Crippen LogP contribution in [0.5, 0.6) is 5.75 Å². The Balaban J connectivity index is 1.60. The van der Waals surface area contributed by atoms with Crippen LogP contribution < -0.4 is 10.1 Å². The van der Waals surface area contributed by atoms with Crippen LogP contribution in [-0.2, 0) is 6.42 Å². The first-order valence-electron chi connectivity index (χ1n) is 7.11. The summed E-state index contributed by atoms with van der Waals surface area (Å²) in [5.41, 5.74) is 2.68. The van der Waals surface area contributed by atoms with Crippen LogP contribution >= 0.6 is 0 Å². The van der Waals surface area contributed by atoms with Crippen molar-refractivity contribution in [2.75, 3.05) is 31.5 Å². The van der Waals surface area contributed by atoms with Gasteiger partial charge in [-0.1, -0.05) is 6.92 Å². The van der Waals surface area contributed by atoms with Gasteiger partial charge in [-0.2, -0.15) is 0 Å². The molecule has 0 aliphatic carbocycles. The number of hydrogen-bond donors (Lipinski definition) is 1. The Morgan fingerprint density at radius 2 is 2.17 bits per heavy atom. The third-order valence-electron chi connectivity index (χ3n) is 4.07. The van der Waals surface area contributed by atoms with Crippen LogP contribution in [0.4, 0.5) is 5.69 Å². The molecule has 1 fully saturated rings. The first kappa shape index (κ1) is 11.8. The van der Waals surface area contributed by atoms with Crippen molar-refractivity contribution < 1.29 is 4.74 Å². The Morgan fingerprint density at radius 3 is 2.94 bits per heavy atom. The number of piperidine rings is 1. The summed E-state index contributed by atoms with van der Waals surface area (Å²) in [6.45, 7) is 6.81. The fourth-order valence-electron chi connectivity index (χ4n) is 2.89. The van der Waals surface area contributed by atoms with Gasteiger partial charge in [0.15, 0.2) is 0 Å². The van der Waals surface area contributed by atoms with Crippen LogP contribution in [0.2, 0.25) is 0 Å². The van der Waals surface area contributed by atoms with Gasteiger partial charge in [-0.3, -0.25) is 0 Å². The highest BCUT2D eigenvalue weighted by Gasteiger charge is 2.20. The second-order valence-corrected chi connectivity index (χ2v) is 5.25. The summed E-state index contributed by atoms with van der Waals surface area (Å²) in [6.07, 6.45) is 3.84. The maximum atomic E-state index is 6.12. The molecule has 0 amide bonds. The maximum absolute atomic E-state index is 6.12. The predicted molar refractivity (Wildman–Crippen MR) is 74.4 cm³/mol. The van der Waals surface area contributed by atoms with E-state index in [4.69, 9.17) is 4.74 Å². The molecule has 3 nitrogen and oxygen atoms in total. The number of fused-ring (bicyclic) bond motifs is 1. The molecule has 3 heteroatoms. The average Bonchev–Trinajstić information content (AvgIpc) is 2.87. The van der Waals surface area contributed by atoms with E-state index in [1.54, 1.807) is 0 Å². The molecule has 0 bridgehead atoms. The first-order valence-corrected chi connectivity index (χ1v) is 7.11. The Bertz CT molecular complexity index is 411. The van der Waals surface area contributed by atoms with Crippen molar-refractivity contribution in [1.82, 2.24) is 4.90 Å². The van der Waals surface area contributed by atoms with Gasteiger partial charge in [0.05, 0.1) is 0 Å². The lowest BCUT2D eigenvalue weighted by atomic mass is 10.1. The van der Waals surface area contributed by atoms with E-state index in [0.717, 1.165) is 38.1 Å². The normalized spacial score (nSPS) is 20.5. The highest BCUT2D eigenvalue weighted by atomic mass is 16.5. The molecule has 0 aromatic heterocycles. The van der Waals surface area contributed by atoms with Crippen molar-refractivity contribution in [3.05, 3.63) is 23.8 Å². The van der Waals surface area contributed by atoms with Crippen molar-refractivity contribution in [1.29, 1.82) is 0 Å². The topological polar surface area (TPSA) is 24.5 Å². The highest BCUT2D eigenvalue weighted by Crippen LogP contribution is 2.28. The van der Waals surface area contributed by atoms with Gasteiger partial charge in [-0.05, 0) is 49.6 Å². The molecule has 1 saturated heterocycles. The number of nitrogens with one attached hydrogen (secondary N) is 1. The van der Waals surface area contributed by atoms with E-state index in [9.17, 15) is 0 Å². The second kappa shape index (κ2) is 5.19. The van der Waals surface area contributed by atoms with E-state index in [1.807, 2.05) is 0 Å². The standard InChI is InChI=1S/C15H22N2O/c1-2-17-9-6-13(7-10-17)18-14-3-4-15-12(11-14)5-8-16-15/h3-4,11,13,16H,2,5-10H2,1H3. The van der Waals surface area contributed by atoms with Crippen LogP contribution in [0.25, 0.3) is 0 Å². The largest absolute Gasteiger partial charge is 0.490 e. The van der Waals surface area contributed by atoms with Crippen LogP contribution in [0.15, 0.2) is 18.2 Å². The molecule has 0 unspecified atom stereocenters. The lowest BCUT2D eigenvalue weighted by Gasteiger charge is -2.31. The van der Waals surface area contributed by atoms with Crippen molar-refractivity contribution in [2.45, 2.75) is 32.3 Å². The summed E-state index contributed by atoms with van der Waals surface area (Å²) in [5.74, 6) is 1.05. The molecule has 1 N–H and O–H groups in total. The monoisotopic (exact) mass is 246 g/mol. The summed E-state index contributed by atoms with van der Waals surface area (Å²) in [4.78, 5) is 2.49. The zero-order chi connectivity index (χ0) is 12.4. The number of benzene rings is 1. The number of anilines is 1. The summed E-state index contributed by atoms with van der Waals surface area (Å²) >= 11 is 0. The van der Waals surface area contributed by atoms with E-state index in [0.29, 0.717) is 6.10 Å². The Kier molecular flexibility index (Phi) is 3.41. The van der Waals surface area contributed by atoms with Crippen molar-refractivity contribution >= 4 is 5.69 Å².